The van der Waals surface area contributed by atoms with E-state index in [2.05, 4.69) is 10.3 Å². The third-order valence-electron chi connectivity index (χ3n) is 3.52. The van der Waals surface area contributed by atoms with Crippen LogP contribution in [0.15, 0.2) is 36.4 Å². The van der Waals surface area contributed by atoms with Crippen molar-refractivity contribution < 1.29 is 14.3 Å². The van der Waals surface area contributed by atoms with Gasteiger partial charge in [0, 0.05) is 12.1 Å². The Morgan fingerprint density at radius 1 is 1.17 bits per heavy atom. The van der Waals surface area contributed by atoms with E-state index in [1.165, 1.54) is 0 Å². The van der Waals surface area contributed by atoms with Crippen molar-refractivity contribution in [1.82, 2.24) is 10.3 Å². The molecule has 0 radical (unpaired) electrons. The Morgan fingerprint density at radius 3 is 2.70 bits per heavy atom. The van der Waals surface area contributed by atoms with Crippen molar-refractivity contribution in [2.45, 2.75) is 26.3 Å². The van der Waals surface area contributed by atoms with Crippen molar-refractivity contribution >= 4 is 5.91 Å². The van der Waals surface area contributed by atoms with Gasteiger partial charge in [-0.2, -0.15) is 0 Å². The van der Waals surface area contributed by atoms with Gasteiger partial charge in [-0.05, 0) is 49.2 Å². The lowest BCUT2D eigenvalue weighted by atomic mass is 10.1. The van der Waals surface area contributed by atoms with Gasteiger partial charge in [0.05, 0.1) is 26.5 Å². The molecule has 0 atom stereocenters. The maximum absolute atomic E-state index is 12.0. The number of aryl methyl sites for hydroxylation is 2. The van der Waals surface area contributed by atoms with Crippen LogP contribution in [0.25, 0.3) is 0 Å². The van der Waals surface area contributed by atoms with E-state index < -0.39 is 0 Å². The number of nitrogens with one attached hydrogen (secondary N) is 1. The van der Waals surface area contributed by atoms with E-state index in [1.807, 2.05) is 43.3 Å². The first-order chi connectivity index (χ1) is 11.1. The minimum Gasteiger partial charge on any atom is -0.497 e. The lowest BCUT2D eigenvalue weighted by Gasteiger charge is -2.10. The summed E-state index contributed by atoms with van der Waals surface area (Å²) >= 11 is 0. The first kappa shape index (κ1) is 16.8. The Kier molecular flexibility index (Phi) is 5.97. The van der Waals surface area contributed by atoms with Gasteiger partial charge in [-0.15, -0.1) is 0 Å². The van der Waals surface area contributed by atoms with E-state index in [0.29, 0.717) is 19.4 Å². The number of amides is 1. The average Bonchev–Trinajstić information content (AvgIpc) is 2.57. The van der Waals surface area contributed by atoms with Crippen LogP contribution in [0.2, 0.25) is 0 Å². The number of methoxy groups -OCH3 is 2. The maximum atomic E-state index is 12.0. The molecule has 1 aromatic heterocycles. The van der Waals surface area contributed by atoms with Gasteiger partial charge in [0.15, 0.2) is 0 Å². The highest BCUT2D eigenvalue weighted by atomic mass is 16.5. The zero-order valence-corrected chi connectivity index (χ0v) is 13.8. The van der Waals surface area contributed by atoms with Crippen LogP contribution >= 0.6 is 0 Å². The van der Waals surface area contributed by atoms with Gasteiger partial charge in [-0.3, -0.25) is 9.78 Å². The molecule has 2 aromatic rings. The van der Waals surface area contributed by atoms with Crippen LogP contribution in [0.5, 0.6) is 11.5 Å². The molecule has 23 heavy (non-hydrogen) atoms. The normalized spacial score (nSPS) is 10.2. The molecule has 2 rings (SSSR count). The highest BCUT2D eigenvalue weighted by molar-refractivity contribution is 5.76. The average molecular weight is 314 g/mol. The molecule has 0 aliphatic rings. The summed E-state index contributed by atoms with van der Waals surface area (Å²) in [5.41, 5.74) is 2.76. The third kappa shape index (κ3) is 4.98. The third-order valence-corrected chi connectivity index (χ3v) is 3.52. The van der Waals surface area contributed by atoms with Crippen molar-refractivity contribution in [2.24, 2.45) is 0 Å². The summed E-state index contributed by atoms with van der Waals surface area (Å²) in [4.78, 5) is 16.4. The Bertz CT molecular complexity index is 671. The van der Waals surface area contributed by atoms with Crippen molar-refractivity contribution in [3.63, 3.8) is 0 Å². The molecule has 0 saturated heterocycles. The SMILES string of the molecule is COc1ccc(OC)c(CCC(=O)NCc2cccc(C)n2)c1. The second kappa shape index (κ2) is 8.17. The number of hydrogen-bond acceptors (Lipinski definition) is 4. The van der Waals surface area contributed by atoms with E-state index in [1.54, 1.807) is 14.2 Å². The van der Waals surface area contributed by atoms with E-state index in [4.69, 9.17) is 9.47 Å². The minimum atomic E-state index is -0.0156. The highest BCUT2D eigenvalue weighted by Crippen LogP contribution is 2.25. The van der Waals surface area contributed by atoms with Crippen LogP contribution in [0.1, 0.15) is 23.4 Å². The fourth-order valence-corrected chi connectivity index (χ4v) is 2.30. The molecule has 0 aliphatic carbocycles. The molecule has 122 valence electrons. The monoisotopic (exact) mass is 314 g/mol. The summed E-state index contributed by atoms with van der Waals surface area (Å²) in [5.74, 6) is 1.50. The van der Waals surface area contributed by atoms with Crippen LogP contribution in [0.3, 0.4) is 0 Å². The molecule has 0 fully saturated rings. The molecule has 0 unspecified atom stereocenters. The Balaban J connectivity index is 1.89. The van der Waals surface area contributed by atoms with E-state index in [-0.39, 0.29) is 5.91 Å². The first-order valence-corrected chi connectivity index (χ1v) is 7.52. The molecule has 1 N–H and O–H groups in total. The molecule has 0 spiro atoms. The van der Waals surface area contributed by atoms with Crippen LogP contribution in [0.4, 0.5) is 0 Å². The molecule has 1 aromatic carbocycles. The van der Waals surface area contributed by atoms with E-state index in [0.717, 1.165) is 28.5 Å². The number of nitrogens with zero attached hydrogens (tertiary/aromatic N) is 1. The van der Waals surface area contributed by atoms with Crippen molar-refractivity contribution in [3.05, 3.63) is 53.3 Å². The Hall–Kier alpha value is -2.56. The Morgan fingerprint density at radius 2 is 2.00 bits per heavy atom. The van der Waals surface area contributed by atoms with Crippen LogP contribution in [-0.4, -0.2) is 25.1 Å². The summed E-state index contributed by atoms with van der Waals surface area (Å²) in [6, 6.07) is 11.4. The summed E-state index contributed by atoms with van der Waals surface area (Å²) in [5, 5.41) is 2.89. The van der Waals surface area contributed by atoms with Gasteiger partial charge in [0.25, 0.3) is 0 Å². The zero-order chi connectivity index (χ0) is 16.7. The number of ether oxygens (including phenoxy) is 2. The molecule has 0 bridgehead atoms. The maximum Gasteiger partial charge on any atom is 0.220 e. The molecular weight excluding hydrogens is 292 g/mol. The van der Waals surface area contributed by atoms with Crippen LogP contribution in [-0.2, 0) is 17.8 Å². The molecule has 1 heterocycles. The highest BCUT2D eigenvalue weighted by Gasteiger charge is 2.08. The standard InChI is InChI=1S/C18H22N2O3/c1-13-5-4-6-15(20-13)12-19-18(21)10-7-14-11-16(22-2)8-9-17(14)23-3/h4-6,8-9,11H,7,10,12H2,1-3H3,(H,19,21). The second-order valence-electron chi connectivity index (χ2n) is 5.22. The van der Waals surface area contributed by atoms with E-state index in [9.17, 15) is 4.79 Å². The number of hydrogen-bond donors (Lipinski definition) is 1. The van der Waals surface area contributed by atoms with Gasteiger partial charge < -0.3 is 14.8 Å². The van der Waals surface area contributed by atoms with E-state index >= 15 is 0 Å². The minimum absolute atomic E-state index is 0.0156. The predicted molar refractivity (Wildman–Crippen MR) is 88.7 cm³/mol. The molecule has 0 saturated carbocycles. The van der Waals surface area contributed by atoms with Crippen LogP contribution in [0, 0.1) is 6.92 Å². The van der Waals surface area contributed by atoms with Gasteiger partial charge >= 0.3 is 0 Å². The number of pyridine rings is 1. The fourth-order valence-electron chi connectivity index (χ4n) is 2.30. The predicted octanol–water partition coefficient (Wildman–Crippen LogP) is 2.66. The first-order valence-electron chi connectivity index (χ1n) is 7.52. The topological polar surface area (TPSA) is 60.5 Å². The summed E-state index contributed by atoms with van der Waals surface area (Å²) in [6.45, 7) is 2.37. The van der Waals surface area contributed by atoms with Crippen molar-refractivity contribution in [3.8, 4) is 11.5 Å². The number of benzene rings is 1. The molecular formula is C18H22N2O3. The molecule has 5 heteroatoms. The molecule has 5 nitrogen and oxygen atoms in total. The lowest BCUT2D eigenvalue weighted by Crippen LogP contribution is -2.23. The largest absolute Gasteiger partial charge is 0.497 e. The summed E-state index contributed by atoms with van der Waals surface area (Å²) in [7, 11) is 3.24. The quantitative estimate of drug-likeness (QED) is 0.853. The van der Waals surface area contributed by atoms with Crippen molar-refractivity contribution in [2.75, 3.05) is 14.2 Å². The second-order valence-corrected chi connectivity index (χ2v) is 5.22. The van der Waals surface area contributed by atoms with Gasteiger partial charge in [-0.25, -0.2) is 0 Å². The Labute approximate surface area is 136 Å². The van der Waals surface area contributed by atoms with Crippen molar-refractivity contribution in [1.29, 1.82) is 0 Å². The molecule has 1 amide bonds. The number of aromatic nitrogens is 1. The van der Waals surface area contributed by atoms with Gasteiger partial charge in [-0.1, -0.05) is 6.07 Å². The zero-order valence-electron chi connectivity index (χ0n) is 13.8. The summed E-state index contributed by atoms with van der Waals surface area (Å²) in [6.07, 6.45) is 0.975. The number of rotatable bonds is 7. The lowest BCUT2D eigenvalue weighted by molar-refractivity contribution is -0.121. The van der Waals surface area contributed by atoms with Gasteiger partial charge in [0.1, 0.15) is 11.5 Å². The summed E-state index contributed by atoms with van der Waals surface area (Å²) < 4.78 is 10.5. The number of carbonyl (C=O) groups excluding carboxylic acids is 1. The van der Waals surface area contributed by atoms with Crippen LogP contribution < -0.4 is 14.8 Å². The molecule has 0 aliphatic heterocycles. The van der Waals surface area contributed by atoms with Gasteiger partial charge in [0.2, 0.25) is 5.91 Å². The number of carbonyl (C=O) groups is 1. The fraction of sp³-hybridized carbons (Fsp3) is 0.333. The smallest absolute Gasteiger partial charge is 0.220 e.